The van der Waals surface area contributed by atoms with Gasteiger partial charge < -0.3 is 25.0 Å². The van der Waals surface area contributed by atoms with E-state index in [0.29, 0.717) is 17.9 Å². The first-order chi connectivity index (χ1) is 18.4. The van der Waals surface area contributed by atoms with Gasteiger partial charge in [0.1, 0.15) is 23.4 Å². The number of aryl methyl sites for hydroxylation is 1. The van der Waals surface area contributed by atoms with Gasteiger partial charge >= 0.3 is 6.09 Å². The van der Waals surface area contributed by atoms with E-state index in [0.717, 1.165) is 17.5 Å². The molecule has 0 heterocycles. The van der Waals surface area contributed by atoms with Crippen LogP contribution in [-0.4, -0.2) is 47.6 Å². The second-order valence-corrected chi connectivity index (χ2v) is 11.5. The van der Waals surface area contributed by atoms with Gasteiger partial charge in [0.2, 0.25) is 5.91 Å². The van der Waals surface area contributed by atoms with Gasteiger partial charge in [0.15, 0.2) is 0 Å². The third-order valence-electron chi connectivity index (χ3n) is 7.20. The molecule has 39 heavy (non-hydrogen) atoms. The average Bonchev–Trinajstić information content (AvgIpc) is 3.60. The van der Waals surface area contributed by atoms with Crippen molar-refractivity contribution in [3.05, 3.63) is 59.7 Å². The lowest BCUT2D eigenvalue weighted by molar-refractivity contribution is -0.142. The van der Waals surface area contributed by atoms with Gasteiger partial charge in [0.25, 0.3) is 5.91 Å². The van der Waals surface area contributed by atoms with Gasteiger partial charge in [-0.15, -0.1) is 0 Å². The number of alkyl carbamates (subject to hydrolysis) is 1. The van der Waals surface area contributed by atoms with E-state index in [1.165, 1.54) is 0 Å². The molecule has 1 saturated carbocycles. The van der Waals surface area contributed by atoms with Crippen LogP contribution in [0.1, 0.15) is 71.6 Å². The molecule has 212 valence electrons. The van der Waals surface area contributed by atoms with Crippen molar-refractivity contribution in [3.63, 3.8) is 0 Å². The molecule has 8 heteroatoms. The molecule has 5 atom stereocenters. The number of carbonyl (C=O) groups excluding carboxylic acids is 3. The quantitative estimate of drug-likeness (QED) is 0.396. The maximum atomic E-state index is 14.4. The highest BCUT2D eigenvalue weighted by molar-refractivity contribution is 5.99. The number of nitrogens with one attached hydrogen (secondary N) is 2. The summed E-state index contributed by atoms with van der Waals surface area (Å²) in [6.07, 6.45) is 0.789. The molecule has 8 nitrogen and oxygen atoms in total. The van der Waals surface area contributed by atoms with Crippen molar-refractivity contribution in [2.24, 2.45) is 11.8 Å². The van der Waals surface area contributed by atoms with Crippen molar-refractivity contribution in [2.75, 3.05) is 12.4 Å². The molecule has 1 fully saturated rings. The average molecular weight is 538 g/mol. The zero-order chi connectivity index (χ0) is 28.9. The van der Waals surface area contributed by atoms with E-state index in [-0.39, 0.29) is 29.7 Å². The summed E-state index contributed by atoms with van der Waals surface area (Å²) in [6, 6.07) is 12.8. The van der Waals surface area contributed by atoms with Crippen LogP contribution >= 0.6 is 0 Å². The van der Waals surface area contributed by atoms with Gasteiger partial charge in [-0.05, 0) is 81.3 Å². The van der Waals surface area contributed by atoms with E-state index in [9.17, 15) is 14.4 Å². The molecular formula is C31H43N3O5. The van der Waals surface area contributed by atoms with Crippen LogP contribution < -0.4 is 15.4 Å². The molecular weight excluding hydrogens is 494 g/mol. The van der Waals surface area contributed by atoms with Gasteiger partial charge in [-0.3, -0.25) is 9.59 Å². The summed E-state index contributed by atoms with van der Waals surface area (Å²) in [5, 5.41) is 5.83. The van der Waals surface area contributed by atoms with E-state index in [1.54, 1.807) is 57.0 Å². The van der Waals surface area contributed by atoms with Crippen molar-refractivity contribution < 1.29 is 23.9 Å². The molecule has 1 aliphatic rings. The van der Waals surface area contributed by atoms with Crippen molar-refractivity contribution in [1.82, 2.24) is 10.2 Å². The number of benzene rings is 2. The maximum absolute atomic E-state index is 14.4. The zero-order valence-corrected chi connectivity index (χ0v) is 24.4. The summed E-state index contributed by atoms with van der Waals surface area (Å²) in [7, 11) is 1.58. The minimum atomic E-state index is -0.886. The molecule has 0 aromatic heterocycles. The number of methoxy groups -OCH3 is 1. The van der Waals surface area contributed by atoms with E-state index in [2.05, 4.69) is 17.6 Å². The topological polar surface area (TPSA) is 97.0 Å². The molecule has 2 aromatic rings. The summed E-state index contributed by atoms with van der Waals surface area (Å²) in [5.74, 6) is 0.124. The second kappa shape index (κ2) is 12.5. The predicted octanol–water partition coefficient (Wildman–Crippen LogP) is 5.86. The Balaban J connectivity index is 2.03. The molecule has 2 N–H and O–H groups in total. The van der Waals surface area contributed by atoms with Crippen LogP contribution in [0.2, 0.25) is 0 Å². The molecule has 1 aliphatic carbocycles. The highest BCUT2D eigenvalue weighted by Crippen LogP contribution is 2.42. The van der Waals surface area contributed by atoms with Crippen LogP contribution in [0.15, 0.2) is 48.5 Å². The number of ether oxygens (including phenoxy) is 2. The standard InChI is InChI=1S/C31H43N3O5/c1-9-19(2)26(33-30(37)39-31(5,6)7)29(36)34(25-18-21(25)4)27(24-13-11-10-12-20(24)3)28(35)32-22-14-16-23(38-8)17-15-22/h10-17,19,21,25-27H,9,18H2,1-8H3,(H,32,35)(H,33,37). The van der Waals surface area contributed by atoms with Gasteiger partial charge in [0.05, 0.1) is 7.11 Å². The molecule has 0 spiro atoms. The third kappa shape index (κ3) is 7.74. The van der Waals surface area contributed by atoms with E-state index < -0.39 is 23.8 Å². The first kappa shape index (κ1) is 30.0. The molecule has 0 radical (unpaired) electrons. The molecule has 5 unspecified atom stereocenters. The largest absolute Gasteiger partial charge is 0.497 e. The maximum Gasteiger partial charge on any atom is 0.408 e. The van der Waals surface area contributed by atoms with E-state index in [4.69, 9.17) is 9.47 Å². The Labute approximate surface area is 232 Å². The van der Waals surface area contributed by atoms with Crippen LogP contribution in [-0.2, 0) is 14.3 Å². The first-order valence-corrected chi connectivity index (χ1v) is 13.7. The number of anilines is 1. The number of rotatable bonds is 10. The number of nitrogens with zero attached hydrogens (tertiary/aromatic N) is 1. The van der Waals surface area contributed by atoms with E-state index in [1.807, 2.05) is 45.0 Å². The highest BCUT2D eigenvalue weighted by atomic mass is 16.6. The SMILES string of the molecule is CCC(C)C(NC(=O)OC(C)(C)C)C(=O)N(C(C(=O)Nc1ccc(OC)cc1)c1ccccc1C)C1CC1C. The third-order valence-corrected chi connectivity index (χ3v) is 7.20. The summed E-state index contributed by atoms with van der Waals surface area (Å²) in [6.45, 7) is 13.2. The fourth-order valence-corrected chi connectivity index (χ4v) is 4.65. The normalized spacial score (nSPS) is 18.8. The molecule has 3 rings (SSSR count). The number of hydrogen-bond acceptors (Lipinski definition) is 5. The summed E-state index contributed by atoms with van der Waals surface area (Å²) < 4.78 is 10.7. The Hall–Kier alpha value is -3.55. The highest BCUT2D eigenvalue weighted by Gasteiger charge is 2.49. The lowest BCUT2D eigenvalue weighted by Crippen LogP contribution is -2.55. The van der Waals surface area contributed by atoms with Crippen LogP contribution in [0.25, 0.3) is 0 Å². The first-order valence-electron chi connectivity index (χ1n) is 13.7. The predicted molar refractivity (Wildman–Crippen MR) is 153 cm³/mol. The van der Waals surface area contributed by atoms with E-state index >= 15 is 0 Å². The fraction of sp³-hybridized carbons (Fsp3) is 0.516. The lowest BCUT2D eigenvalue weighted by Gasteiger charge is -2.37. The smallest absolute Gasteiger partial charge is 0.408 e. The molecule has 0 bridgehead atoms. The monoisotopic (exact) mass is 537 g/mol. The Morgan fingerprint density at radius 1 is 1.08 bits per heavy atom. The number of hydrogen-bond donors (Lipinski definition) is 2. The summed E-state index contributed by atoms with van der Waals surface area (Å²) in [4.78, 5) is 42.9. The van der Waals surface area contributed by atoms with Gasteiger partial charge in [-0.25, -0.2) is 4.79 Å². The Kier molecular flexibility index (Phi) is 9.64. The van der Waals surface area contributed by atoms with Gasteiger partial charge in [-0.2, -0.15) is 0 Å². The molecule has 0 saturated heterocycles. The zero-order valence-electron chi connectivity index (χ0n) is 24.4. The second-order valence-electron chi connectivity index (χ2n) is 11.5. The van der Waals surface area contributed by atoms with Gasteiger partial charge in [-0.1, -0.05) is 51.5 Å². The Morgan fingerprint density at radius 2 is 1.69 bits per heavy atom. The van der Waals surface area contributed by atoms with Gasteiger partial charge in [0, 0.05) is 11.7 Å². The number of amides is 3. The summed E-state index contributed by atoms with van der Waals surface area (Å²) >= 11 is 0. The Bertz CT molecular complexity index is 1160. The summed E-state index contributed by atoms with van der Waals surface area (Å²) in [5.41, 5.74) is 1.54. The number of carbonyl (C=O) groups is 3. The molecule has 2 aromatic carbocycles. The molecule has 3 amide bonds. The van der Waals surface area contributed by atoms with Crippen LogP contribution in [0.5, 0.6) is 5.75 Å². The minimum absolute atomic E-state index is 0.129. The van der Waals surface area contributed by atoms with Crippen molar-refractivity contribution in [1.29, 1.82) is 0 Å². The van der Waals surface area contributed by atoms with Crippen molar-refractivity contribution in [3.8, 4) is 5.75 Å². The van der Waals surface area contributed by atoms with Crippen LogP contribution in [0.3, 0.4) is 0 Å². The lowest BCUT2D eigenvalue weighted by atomic mass is 9.94. The Morgan fingerprint density at radius 3 is 2.21 bits per heavy atom. The van der Waals surface area contributed by atoms with Crippen molar-refractivity contribution >= 4 is 23.6 Å². The van der Waals surface area contributed by atoms with Crippen LogP contribution in [0, 0.1) is 18.8 Å². The minimum Gasteiger partial charge on any atom is -0.497 e. The van der Waals surface area contributed by atoms with Crippen molar-refractivity contribution in [2.45, 2.75) is 85.0 Å². The van der Waals surface area contributed by atoms with Crippen LogP contribution in [0.4, 0.5) is 10.5 Å². The fourth-order valence-electron chi connectivity index (χ4n) is 4.65. The molecule has 0 aliphatic heterocycles.